The molecular weight excluding hydrogens is 323 g/mol. The molecule has 1 aromatic heterocycles. The van der Waals surface area contributed by atoms with Crippen molar-refractivity contribution in [2.24, 2.45) is 5.92 Å². The number of hydrogen-bond donors (Lipinski definition) is 2. The number of aromatic amines is 1. The normalized spacial score (nSPS) is 14.8. The Morgan fingerprint density at radius 3 is 2.80 bits per heavy atom. The van der Waals surface area contributed by atoms with Crippen molar-refractivity contribution in [1.82, 2.24) is 10.3 Å². The highest BCUT2D eigenvalue weighted by Gasteiger charge is 2.22. The lowest BCUT2D eigenvalue weighted by Crippen LogP contribution is -2.31. The molecule has 5 nitrogen and oxygen atoms in total. The quantitative estimate of drug-likeness (QED) is 0.846. The summed E-state index contributed by atoms with van der Waals surface area (Å²) in [5.74, 6) is -0.176. The van der Waals surface area contributed by atoms with Crippen LogP contribution in [0.3, 0.4) is 0 Å². The molecule has 6 heteroatoms. The molecule has 1 aromatic carbocycles. The third-order valence-electron chi connectivity index (χ3n) is 4.28. The maximum atomic E-state index is 14.2. The van der Waals surface area contributed by atoms with E-state index in [-0.39, 0.29) is 16.7 Å². The minimum absolute atomic E-state index is 0.0299. The highest BCUT2D eigenvalue weighted by molar-refractivity contribution is 5.94. The van der Waals surface area contributed by atoms with Gasteiger partial charge in [-0.15, -0.1) is 0 Å². The van der Waals surface area contributed by atoms with Crippen LogP contribution in [0.5, 0.6) is 5.75 Å². The van der Waals surface area contributed by atoms with Crippen LogP contribution in [-0.4, -0.2) is 17.5 Å². The lowest BCUT2D eigenvalue weighted by atomic mass is 10.1. The average molecular weight is 344 g/mol. The topological polar surface area (TPSA) is 71.2 Å². The van der Waals surface area contributed by atoms with Crippen LogP contribution in [-0.2, 0) is 0 Å². The molecule has 1 aliphatic rings. The molecule has 3 rings (SSSR count). The van der Waals surface area contributed by atoms with E-state index in [4.69, 9.17) is 4.74 Å². The number of nitrogens with one attached hydrogen (secondary N) is 2. The second kappa shape index (κ2) is 7.09. The van der Waals surface area contributed by atoms with Gasteiger partial charge in [0.25, 0.3) is 5.91 Å². The molecule has 0 saturated heterocycles. The summed E-state index contributed by atoms with van der Waals surface area (Å²) in [5, 5.41) is 2.71. The van der Waals surface area contributed by atoms with E-state index in [9.17, 15) is 14.0 Å². The summed E-state index contributed by atoms with van der Waals surface area (Å²) < 4.78 is 19.6. The molecule has 0 radical (unpaired) electrons. The summed E-state index contributed by atoms with van der Waals surface area (Å²) in [7, 11) is 0. The van der Waals surface area contributed by atoms with Crippen molar-refractivity contribution in [1.29, 1.82) is 0 Å². The van der Waals surface area contributed by atoms with Crippen molar-refractivity contribution >= 4 is 5.91 Å². The van der Waals surface area contributed by atoms with Gasteiger partial charge in [-0.3, -0.25) is 9.59 Å². The Kier molecular flexibility index (Phi) is 4.88. The second-order valence-electron chi connectivity index (χ2n) is 6.53. The van der Waals surface area contributed by atoms with Crippen LogP contribution in [0.15, 0.2) is 35.3 Å². The fraction of sp³-hybridized carbons (Fsp3) is 0.368. The number of H-pyrrole nitrogens is 1. The van der Waals surface area contributed by atoms with E-state index in [1.165, 1.54) is 18.3 Å². The number of aromatic nitrogens is 1. The van der Waals surface area contributed by atoms with E-state index in [0.717, 1.165) is 12.8 Å². The van der Waals surface area contributed by atoms with Gasteiger partial charge in [0, 0.05) is 18.0 Å². The van der Waals surface area contributed by atoms with Gasteiger partial charge < -0.3 is 15.0 Å². The van der Waals surface area contributed by atoms with E-state index in [1.807, 2.05) is 0 Å². The molecule has 1 heterocycles. The number of rotatable bonds is 6. The number of carbonyl (C=O) groups is 1. The summed E-state index contributed by atoms with van der Waals surface area (Å²) in [6.45, 7) is 4.01. The molecule has 2 aromatic rings. The van der Waals surface area contributed by atoms with Crippen molar-refractivity contribution in [2.45, 2.75) is 32.7 Å². The van der Waals surface area contributed by atoms with Crippen LogP contribution in [0.2, 0.25) is 0 Å². The zero-order chi connectivity index (χ0) is 18.0. The predicted octanol–water partition coefficient (Wildman–Crippen LogP) is 3.10. The minimum Gasteiger partial charge on any atom is -0.490 e. The summed E-state index contributed by atoms with van der Waals surface area (Å²) >= 11 is 0. The first-order valence-corrected chi connectivity index (χ1v) is 8.36. The Bertz CT molecular complexity index is 843. The first-order chi connectivity index (χ1) is 11.9. The largest absolute Gasteiger partial charge is 0.490 e. The molecule has 1 aliphatic carbocycles. The Hall–Kier alpha value is -2.63. The number of aryl methyl sites for hydroxylation is 1. The van der Waals surface area contributed by atoms with E-state index >= 15 is 0 Å². The molecule has 0 bridgehead atoms. The molecule has 132 valence electrons. The minimum atomic E-state index is -0.497. The maximum Gasteiger partial charge on any atom is 0.257 e. The smallest absolute Gasteiger partial charge is 0.257 e. The number of pyridine rings is 1. The molecule has 2 N–H and O–H groups in total. The lowest BCUT2D eigenvalue weighted by Gasteiger charge is -2.15. The summed E-state index contributed by atoms with van der Waals surface area (Å²) in [4.78, 5) is 27.0. The van der Waals surface area contributed by atoms with Gasteiger partial charge in [0.15, 0.2) is 17.0 Å². The molecular formula is C19H21FN2O3. The summed E-state index contributed by atoms with van der Waals surface area (Å²) in [6.07, 6.45) is 3.66. The van der Waals surface area contributed by atoms with E-state index in [0.29, 0.717) is 23.8 Å². The van der Waals surface area contributed by atoms with E-state index in [1.54, 1.807) is 26.0 Å². The standard InChI is InChI=1S/C19H21FN2O3/c1-11-7-17(23)15(9-21-11)19(24)22-12(2)14-5-6-18(16(20)8-14)25-10-13-3-4-13/h5-9,12-13H,3-4,10H2,1-2H3,(H,21,23)(H,22,24)/t12-/m0/s1. The number of carbonyl (C=O) groups excluding carboxylic acids is 1. The van der Waals surface area contributed by atoms with Gasteiger partial charge in [-0.2, -0.15) is 0 Å². The number of amides is 1. The number of benzene rings is 1. The predicted molar refractivity (Wildman–Crippen MR) is 92.3 cm³/mol. The highest BCUT2D eigenvalue weighted by Crippen LogP contribution is 2.30. The molecule has 1 fully saturated rings. The van der Waals surface area contributed by atoms with Gasteiger partial charge in [0.05, 0.1) is 12.6 Å². The average Bonchev–Trinajstić information content (AvgIpc) is 3.37. The van der Waals surface area contributed by atoms with Crippen LogP contribution >= 0.6 is 0 Å². The van der Waals surface area contributed by atoms with Crippen molar-refractivity contribution < 1.29 is 13.9 Å². The maximum absolute atomic E-state index is 14.2. The van der Waals surface area contributed by atoms with Gasteiger partial charge in [-0.25, -0.2) is 4.39 Å². The Balaban J connectivity index is 1.67. The molecule has 1 saturated carbocycles. The summed E-state index contributed by atoms with van der Waals surface area (Å²) in [5.41, 5.74) is 0.963. The first-order valence-electron chi connectivity index (χ1n) is 8.36. The number of halogens is 1. The molecule has 0 spiro atoms. The van der Waals surface area contributed by atoms with Crippen LogP contribution in [0.25, 0.3) is 0 Å². The number of hydrogen-bond acceptors (Lipinski definition) is 3. The van der Waals surface area contributed by atoms with Crippen molar-refractivity contribution in [3.8, 4) is 5.75 Å². The fourth-order valence-corrected chi connectivity index (χ4v) is 2.50. The molecule has 25 heavy (non-hydrogen) atoms. The Labute approximate surface area is 145 Å². The zero-order valence-corrected chi connectivity index (χ0v) is 14.3. The molecule has 0 unspecified atom stereocenters. The lowest BCUT2D eigenvalue weighted by molar-refractivity contribution is 0.0938. The molecule has 1 atom stereocenters. The Morgan fingerprint density at radius 1 is 1.40 bits per heavy atom. The van der Waals surface area contributed by atoms with Gasteiger partial charge in [-0.05, 0) is 50.3 Å². The first kappa shape index (κ1) is 17.2. The van der Waals surface area contributed by atoms with Gasteiger partial charge in [-0.1, -0.05) is 6.07 Å². The monoisotopic (exact) mass is 344 g/mol. The highest BCUT2D eigenvalue weighted by atomic mass is 19.1. The van der Waals surface area contributed by atoms with Crippen molar-refractivity contribution in [2.75, 3.05) is 6.61 Å². The summed E-state index contributed by atoms with van der Waals surface area (Å²) in [6, 6.07) is 5.57. The van der Waals surface area contributed by atoms with Crippen LogP contribution in [0, 0.1) is 18.7 Å². The van der Waals surface area contributed by atoms with Gasteiger partial charge >= 0.3 is 0 Å². The van der Waals surface area contributed by atoms with Gasteiger partial charge in [0.2, 0.25) is 0 Å². The fourth-order valence-electron chi connectivity index (χ4n) is 2.50. The zero-order valence-electron chi connectivity index (χ0n) is 14.3. The van der Waals surface area contributed by atoms with Crippen molar-refractivity contribution in [3.05, 3.63) is 63.3 Å². The third-order valence-corrected chi connectivity index (χ3v) is 4.28. The molecule has 0 aliphatic heterocycles. The van der Waals surface area contributed by atoms with Crippen LogP contribution in [0.1, 0.15) is 47.4 Å². The second-order valence-corrected chi connectivity index (χ2v) is 6.53. The third kappa shape index (κ3) is 4.26. The SMILES string of the molecule is Cc1cc(=O)c(C(=O)N[C@@H](C)c2ccc(OCC3CC3)c(F)c2)c[nH]1. The van der Waals surface area contributed by atoms with E-state index in [2.05, 4.69) is 10.3 Å². The van der Waals surface area contributed by atoms with Crippen LogP contribution in [0.4, 0.5) is 4.39 Å². The number of ether oxygens (including phenoxy) is 1. The Morgan fingerprint density at radius 2 is 2.16 bits per heavy atom. The molecule has 1 amide bonds. The van der Waals surface area contributed by atoms with Crippen molar-refractivity contribution in [3.63, 3.8) is 0 Å². The van der Waals surface area contributed by atoms with E-state index < -0.39 is 17.8 Å². The van der Waals surface area contributed by atoms with Gasteiger partial charge in [0.1, 0.15) is 5.56 Å². The van der Waals surface area contributed by atoms with Crippen LogP contribution < -0.4 is 15.5 Å².